The number of nitrogens with zero attached hydrogens (tertiary/aromatic N) is 2. The largest absolute Gasteiger partial charge is 0.305 e. The highest BCUT2D eigenvalue weighted by atomic mass is 79.9. The van der Waals surface area contributed by atoms with Gasteiger partial charge in [0.1, 0.15) is 0 Å². The highest BCUT2D eigenvalue weighted by Gasteiger charge is 2.16. The molecule has 2 rings (SSSR count). The molecule has 18 heavy (non-hydrogen) atoms. The molecule has 0 fully saturated rings. The summed E-state index contributed by atoms with van der Waals surface area (Å²) in [5, 5.41) is 7.76. The van der Waals surface area contributed by atoms with E-state index >= 15 is 0 Å². The SMILES string of the molecule is CCNC(c1ccc(C)c(Br)c1)c1ccnn1C. The van der Waals surface area contributed by atoms with Gasteiger partial charge in [0.15, 0.2) is 0 Å². The van der Waals surface area contributed by atoms with Crippen LogP contribution in [0.3, 0.4) is 0 Å². The van der Waals surface area contributed by atoms with Crippen molar-refractivity contribution in [2.45, 2.75) is 19.9 Å². The summed E-state index contributed by atoms with van der Waals surface area (Å²) in [6.07, 6.45) is 1.84. The molecule has 0 radical (unpaired) electrons. The minimum Gasteiger partial charge on any atom is -0.305 e. The summed E-state index contributed by atoms with van der Waals surface area (Å²) in [6, 6.07) is 8.72. The number of halogens is 1. The van der Waals surface area contributed by atoms with E-state index in [-0.39, 0.29) is 6.04 Å². The van der Waals surface area contributed by atoms with Crippen molar-refractivity contribution >= 4 is 15.9 Å². The van der Waals surface area contributed by atoms with Crippen molar-refractivity contribution in [3.05, 3.63) is 51.8 Å². The van der Waals surface area contributed by atoms with Crippen molar-refractivity contribution in [1.29, 1.82) is 0 Å². The second-order valence-corrected chi connectivity index (χ2v) is 5.23. The minimum atomic E-state index is 0.180. The molecule has 0 aliphatic heterocycles. The first-order valence-corrected chi connectivity index (χ1v) is 6.90. The molecule has 0 saturated heterocycles. The summed E-state index contributed by atoms with van der Waals surface area (Å²) in [5.41, 5.74) is 3.67. The first kappa shape index (κ1) is 13.3. The van der Waals surface area contributed by atoms with E-state index < -0.39 is 0 Å². The zero-order valence-electron chi connectivity index (χ0n) is 10.9. The molecule has 4 heteroatoms. The van der Waals surface area contributed by atoms with Gasteiger partial charge < -0.3 is 5.32 Å². The summed E-state index contributed by atoms with van der Waals surface area (Å²) >= 11 is 3.60. The maximum atomic E-state index is 4.25. The summed E-state index contributed by atoms with van der Waals surface area (Å²) in [4.78, 5) is 0. The Balaban J connectivity index is 2.41. The quantitative estimate of drug-likeness (QED) is 0.940. The molecular weight excluding hydrogens is 290 g/mol. The lowest BCUT2D eigenvalue weighted by molar-refractivity contribution is 0.572. The van der Waals surface area contributed by atoms with Crippen LogP contribution in [-0.4, -0.2) is 16.3 Å². The Morgan fingerprint density at radius 2 is 2.17 bits per heavy atom. The number of aromatic nitrogens is 2. The smallest absolute Gasteiger partial charge is 0.0748 e. The van der Waals surface area contributed by atoms with Crippen LogP contribution >= 0.6 is 15.9 Å². The van der Waals surface area contributed by atoms with Crippen molar-refractivity contribution in [2.75, 3.05) is 6.54 Å². The van der Waals surface area contributed by atoms with Gasteiger partial charge >= 0.3 is 0 Å². The van der Waals surface area contributed by atoms with E-state index in [4.69, 9.17) is 0 Å². The van der Waals surface area contributed by atoms with Crippen LogP contribution < -0.4 is 5.32 Å². The van der Waals surface area contributed by atoms with E-state index in [0.717, 1.165) is 11.0 Å². The first-order chi connectivity index (χ1) is 8.63. The Labute approximate surface area is 116 Å². The third-order valence-electron chi connectivity index (χ3n) is 3.09. The van der Waals surface area contributed by atoms with Gasteiger partial charge in [0.2, 0.25) is 0 Å². The number of hydrogen-bond donors (Lipinski definition) is 1. The highest BCUT2D eigenvalue weighted by Crippen LogP contribution is 2.26. The Morgan fingerprint density at radius 1 is 1.39 bits per heavy atom. The molecule has 1 atom stereocenters. The van der Waals surface area contributed by atoms with Gasteiger partial charge in [-0.2, -0.15) is 5.10 Å². The van der Waals surface area contributed by atoms with Crippen molar-refractivity contribution in [2.24, 2.45) is 7.05 Å². The van der Waals surface area contributed by atoms with Gasteiger partial charge in [-0.25, -0.2) is 0 Å². The fourth-order valence-electron chi connectivity index (χ4n) is 2.05. The monoisotopic (exact) mass is 307 g/mol. The lowest BCUT2D eigenvalue weighted by Gasteiger charge is -2.19. The van der Waals surface area contributed by atoms with Crippen LogP contribution in [0.25, 0.3) is 0 Å². The Hall–Kier alpha value is -1.13. The van der Waals surface area contributed by atoms with E-state index in [1.165, 1.54) is 16.8 Å². The fourth-order valence-corrected chi connectivity index (χ4v) is 2.45. The predicted octanol–water partition coefficient (Wildman–Crippen LogP) is 3.19. The summed E-state index contributed by atoms with van der Waals surface area (Å²) in [6.45, 7) is 5.13. The van der Waals surface area contributed by atoms with E-state index in [1.54, 1.807) is 0 Å². The van der Waals surface area contributed by atoms with E-state index in [2.05, 4.69) is 64.5 Å². The molecule has 3 nitrogen and oxygen atoms in total. The molecule has 96 valence electrons. The molecule has 0 bridgehead atoms. The second kappa shape index (κ2) is 5.67. The van der Waals surface area contributed by atoms with Gasteiger partial charge in [-0.15, -0.1) is 0 Å². The highest BCUT2D eigenvalue weighted by molar-refractivity contribution is 9.10. The average molecular weight is 308 g/mol. The van der Waals surface area contributed by atoms with Crippen LogP contribution in [0.1, 0.15) is 29.8 Å². The standard InChI is InChI=1S/C14H18BrN3/c1-4-16-14(13-7-8-17-18(13)3)11-6-5-10(2)12(15)9-11/h5-9,14,16H,4H2,1-3H3. The molecule has 0 saturated carbocycles. The average Bonchev–Trinajstić information content (AvgIpc) is 2.76. The maximum absolute atomic E-state index is 4.25. The topological polar surface area (TPSA) is 29.9 Å². The molecule has 0 amide bonds. The lowest BCUT2D eigenvalue weighted by atomic mass is 10.0. The fraction of sp³-hybridized carbons (Fsp3) is 0.357. The molecule has 1 aromatic carbocycles. The van der Waals surface area contributed by atoms with Crippen LogP contribution in [0.15, 0.2) is 34.9 Å². The van der Waals surface area contributed by atoms with Gasteiger partial charge in [0, 0.05) is 17.7 Å². The third-order valence-corrected chi connectivity index (χ3v) is 3.95. The molecule has 0 spiro atoms. The second-order valence-electron chi connectivity index (χ2n) is 4.38. The Morgan fingerprint density at radius 3 is 2.72 bits per heavy atom. The van der Waals surface area contributed by atoms with Crippen LogP contribution in [0.5, 0.6) is 0 Å². The van der Waals surface area contributed by atoms with Crippen LogP contribution in [0, 0.1) is 6.92 Å². The Bertz CT molecular complexity index is 534. The van der Waals surface area contributed by atoms with Gasteiger partial charge in [-0.1, -0.05) is 35.0 Å². The van der Waals surface area contributed by atoms with Gasteiger partial charge in [0.25, 0.3) is 0 Å². The lowest BCUT2D eigenvalue weighted by Crippen LogP contribution is -2.24. The molecule has 1 unspecified atom stereocenters. The van der Waals surface area contributed by atoms with Crippen LogP contribution in [0.2, 0.25) is 0 Å². The van der Waals surface area contributed by atoms with E-state index in [0.29, 0.717) is 0 Å². The number of aryl methyl sites for hydroxylation is 2. The van der Waals surface area contributed by atoms with Crippen molar-refractivity contribution < 1.29 is 0 Å². The van der Waals surface area contributed by atoms with Crippen LogP contribution in [-0.2, 0) is 7.05 Å². The van der Waals surface area contributed by atoms with Crippen LogP contribution in [0.4, 0.5) is 0 Å². The molecule has 0 aliphatic rings. The summed E-state index contributed by atoms with van der Waals surface area (Å²) in [5.74, 6) is 0. The van der Waals surface area contributed by atoms with E-state index in [1.807, 2.05) is 17.9 Å². The molecule has 2 aromatic rings. The number of hydrogen-bond acceptors (Lipinski definition) is 2. The molecule has 0 aliphatic carbocycles. The first-order valence-electron chi connectivity index (χ1n) is 6.10. The molecular formula is C14H18BrN3. The number of rotatable bonds is 4. The zero-order valence-corrected chi connectivity index (χ0v) is 12.5. The molecule has 1 heterocycles. The summed E-state index contributed by atoms with van der Waals surface area (Å²) in [7, 11) is 1.98. The summed E-state index contributed by atoms with van der Waals surface area (Å²) < 4.78 is 3.06. The van der Waals surface area contributed by atoms with Crippen molar-refractivity contribution in [3.63, 3.8) is 0 Å². The minimum absolute atomic E-state index is 0.180. The van der Waals surface area contributed by atoms with Crippen molar-refractivity contribution in [1.82, 2.24) is 15.1 Å². The van der Waals surface area contributed by atoms with Gasteiger partial charge in [-0.3, -0.25) is 4.68 Å². The third kappa shape index (κ3) is 2.65. The van der Waals surface area contributed by atoms with E-state index in [9.17, 15) is 0 Å². The van der Waals surface area contributed by atoms with Gasteiger partial charge in [0.05, 0.1) is 11.7 Å². The van der Waals surface area contributed by atoms with Gasteiger partial charge in [-0.05, 0) is 36.7 Å². The predicted molar refractivity (Wildman–Crippen MR) is 77.6 cm³/mol. The normalized spacial score (nSPS) is 12.7. The molecule has 1 aromatic heterocycles. The van der Waals surface area contributed by atoms with Crippen molar-refractivity contribution in [3.8, 4) is 0 Å². The number of benzene rings is 1. The Kier molecular flexibility index (Phi) is 4.19. The maximum Gasteiger partial charge on any atom is 0.0748 e. The molecule has 1 N–H and O–H groups in total. The zero-order chi connectivity index (χ0) is 13.1. The number of nitrogens with one attached hydrogen (secondary N) is 1.